The van der Waals surface area contributed by atoms with Gasteiger partial charge in [0.1, 0.15) is 0 Å². The van der Waals surface area contributed by atoms with Gasteiger partial charge in [0, 0.05) is 0 Å². The number of rotatable bonds is 1. The van der Waals surface area contributed by atoms with Crippen LogP contribution >= 0.6 is 0 Å². The van der Waals surface area contributed by atoms with Gasteiger partial charge in [-0.2, -0.15) is 0 Å². The third kappa shape index (κ3) is 1.56. The lowest BCUT2D eigenvalue weighted by atomic mass is 9.97. The highest BCUT2D eigenvalue weighted by atomic mass is 14.1. The fourth-order valence-corrected chi connectivity index (χ4v) is 1.66. The van der Waals surface area contributed by atoms with Crippen LogP contribution in [0.5, 0.6) is 0 Å². The summed E-state index contributed by atoms with van der Waals surface area (Å²) < 4.78 is 0. The fraction of sp³-hybridized carbons (Fsp3) is 0.0714. The molecule has 1 radical (unpaired) electrons. The standard InChI is InChI=1S/C14H13/c1-11-7-3-5-9-13(11)14-10-6-4-8-12(14)2/h3-10H,1H2,2H3. The maximum atomic E-state index is 4.04. The molecular formula is C14H13. The second-order valence-electron chi connectivity index (χ2n) is 3.47. The highest BCUT2D eigenvalue weighted by Crippen LogP contribution is 2.25. The van der Waals surface area contributed by atoms with Crippen LogP contribution in [-0.4, -0.2) is 0 Å². The van der Waals surface area contributed by atoms with Crippen LogP contribution in [0, 0.1) is 13.8 Å². The normalized spacial score (nSPS) is 10.1. The Labute approximate surface area is 85.2 Å². The maximum absolute atomic E-state index is 4.04. The van der Waals surface area contributed by atoms with Crippen molar-refractivity contribution in [3.63, 3.8) is 0 Å². The number of aryl methyl sites for hydroxylation is 1. The molecule has 0 saturated heterocycles. The van der Waals surface area contributed by atoms with Gasteiger partial charge in [-0.15, -0.1) is 0 Å². The van der Waals surface area contributed by atoms with E-state index in [0.29, 0.717) is 0 Å². The monoisotopic (exact) mass is 181 g/mol. The Bertz CT molecular complexity index is 398. The van der Waals surface area contributed by atoms with Crippen LogP contribution in [0.25, 0.3) is 11.1 Å². The van der Waals surface area contributed by atoms with Gasteiger partial charge in [0.2, 0.25) is 0 Å². The molecule has 0 bridgehead atoms. The Kier molecular flexibility index (Phi) is 2.36. The molecule has 2 aromatic carbocycles. The molecule has 2 aromatic rings. The fourth-order valence-electron chi connectivity index (χ4n) is 1.66. The summed E-state index contributed by atoms with van der Waals surface area (Å²) in [6.07, 6.45) is 0. The minimum atomic E-state index is 1.09. The van der Waals surface area contributed by atoms with Crippen molar-refractivity contribution in [3.8, 4) is 11.1 Å². The Morgan fingerprint density at radius 1 is 0.786 bits per heavy atom. The Morgan fingerprint density at radius 2 is 1.36 bits per heavy atom. The summed E-state index contributed by atoms with van der Waals surface area (Å²) in [5.74, 6) is 0. The van der Waals surface area contributed by atoms with E-state index in [4.69, 9.17) is 0 Å². The molecule has 0 nitrogen and oxygen atoms in total. The first-order valence-electron chi connectivity index (χ1n) is 4.76. The van der Waals surface area contributed by atoms with E-state index in [-0.39, 0.29) is 0 Å². The molecule has 0 spiro atoms. The predicted octanol–water partition coefficient (Wildman–Crippen LogP) is 3.84. The van der Waals surface area contributed by atoms with E-state index in [1.165, 1.54) is 16.7 Å². The van der Waals surface area contributed by atoms with E-state index in [2.05, 4.69) is 50.2 Å². The first-order valence-corrected chi connectivity index (χ1v) is 4.76. The van der Waals surface area contributed by atoms with Crippen LogP contribution in [0.4, 0.5) is 0 Å². The van der Waals surface area contributed by atoms with Crippen molar-refractivity contribution in [3.05, 3.63) is 66.6 Å². The predicted molar refractivity (Wildman–Crippen MR) is 61.1 cm³/mol. The first kappa shape index (κ1) is 9.01. The van der Waals surface area contributed by atoms with Crippen molar-refractivity contribution in [1.29, 1.82) is 0 Å². The average molecular weight is 181 g/mol. The number of hydrogen-bond donors (Lipinski definition) is 0. The van der Waals surface area contributed by atoms with Crippen LogP contribution in [0.3, 0.4) is 0 Å². The van der Waals surface area contributed by atoms with Crippen LogP contribution in [-0.2, 0) is 0 Å². The molecule has 0 atom stereocenters. The lowest BCUT2D eigenvalue weighted by Gasteiger charge is -2.08. The molecular weight excluding hydrogens is 168 g/mol. The van der Waals surface area contributed by atoms with Crippen molar-refractivity contribution < 1.29 is 0 Å². The van der Waals surface area contributed by atoms with Gasteiger partial charge in [0.25, 0.3) is 0 Å². The first-order chi connectivity index (χ1) is 6.79. The summed E-state index contributed by atoms with van der Waals surface area (Å²) in [4.78, 5) is 0. The van der Waals surface area contributed by atoms with Gasteiger partial charge in [-0.1, -0.05) is 48.5 Å². The third-order valence-electron chi connectivity index (χ3n) is 2.45. The van der Waals surface area contributed by atoms with Crippen molar-refractivity contribution in [2.24, 2.45) is 0 Å². The lowest BCUT2D eigenvalue weighted by molar-refractivity contribution is 1.45. The summed E-state index contributed by atoms with van der Waals surface area (Å²) in [6, 6.07) is 16.6. The summed E-state index contributed by atoms with van der Waals surface area (Å²) in [5.41, 5.74) is 4.88. The van der Waals surface area contributed by atoms with Gasteiger partial charge in [-0.05, 0) is 36.1 Å². The van der Waals surface area contributed by atoms with Gasteiger partial charge in [0.05, 0.1) is 0 Å². The second kappa shape index (κ2) is 3.67. The minimum absolute atomic E-state index is 1.09. The summed E-state index contributed by atoms with van der Waals surface area (Å²) in [6.45, 7) is 6.16. The zero-order chi connectivity index (χ0) is 9.97. The van der Waals surface area contributed by atoms with Crippen molar-refractivity contribution in [2.45, 2.75) is 6.92 Å². The highest BCUT2D eigenvalue weighted by Gasteiger charge is 2.02. The molecule has 0 saturated carbocycles. The maximum Gasteiger partial charge on any atom is -0.0149 e. The zero-order valence-electron chi connectivity index (χ0n) is 8.33. The molecule has 2 rings (SSSR count). The van der Waals surface area contributed by atoms with Crippen LogP contribution in [0.2, 0.25) is 0 Å². The summed E-state index contributed by atoms with van der Waals surface area (Å²) in [7, 11) is 0. The number of hydrogen-bond acceptors (Lipinski definition) is 0. The summed E-state index contributed by atoms with van der Waals surface area (Å²) >= 11 is 0. The van der Waals surface area contributed by atoms with E-state index in [1.807, 2.05) is 12.1 Å². The van der Waals surface area contributed by atoms with Gasteiger partial charge in [-0.25, -0.2) is 0 Å². The smallest absolute Gasteiger partial charge is 0.0149 e. The van der Waals surface area contributed by atoms with E-state index < -0.39 is 0 Å². The average Bonchev–Trinajstić information content (AvgIpc) is 2.20. The quantitative estimate of drug-likeness (QED) is 0.627. The van der Waals surface area contributed by atoms with E-state index in [9.17, 15) is 0 Å². The Balaban J connectivity index is 2.61. The molecule has 0 heterocycles. The largest absolute Gasteiger partial charge is 0.0620 e. The molecule has 0 N–H and O–H groups in total. The second-order valence-corrected chi connectivity index (χ2v) is 3.47. The van der Waals surface area contributed by atoms with Gasteiger partial charge in [0.15, 0.2) is 0 Å². The Hall–Kier alpha value is -1.56. The van der Waals surface area contributed by atoms with Crippen molar-refractivity contribution in [1.82, 2.24) is 0 Å². The molecule has 0 aliphatic heterocycles. The molecule has 0 amide bonds. The molecule has 14 heavy (non-hydrogen) atoms. The topological polar surface area (TPSA) is 0 Å². The van der Waals surface area contributed by atoms with Crippen LogP contribution in [0.1, 0.15) is 11.1 Å². The zero-order valence-corrected chi connectivity index (χ0v) is 8.33. The van der Waals surface area contributed by atoms with E-state index in [1.54, 1.807) is 0 Å². The van der Waals surface area contributed by atoms with Gasteiger partial charge < -0.3 is 0 Å². The molecule has 0 fully saturated rings. The lowest BCUT2D eigenvalue weighted by Crippen LogP contribution is -1.85. The number of benzene rings is 2. The Morgan fingerprint density at radius 3 is 2.00 bits per heavy atom. The van der Waals surface area contributed by atoms with E-state index >= 15 is 0 Å². The molecule has 0 unspecified atom stereocenters. The third-order valence-corrected chi connectivity index (χ3v) is 2.45. The molecule has 69 valence electrons. The molecule has 0 aromatic heterocycles. The van der Waals surface area contributed by atoms with Gasteiger partial charge in [-0.3, -0.25) is 0 Å². The van der Waals surface area contributed by atoms with Crippen LogP contribution in [0.15, 0.2) is 48.5 Å². The summed E-state index contributed by atoms with van der Waals surface area (Å²) in [5, 5.41) is 0. The van der Waals surface area contributed by atoms with Crippen molar-refractivity contribution in [2.75, 3.05) is 0 Å². The highest BCUT2D eigenvalue weighted by molar-refractivity contribution is 5.70. The van der Waals surface area contributed by atoms with Crippen LogP contribution < -0.4 is 0 Å². The molecule has 0 aliphatic rings. The molecule has 0 heteroatoms. The minimum Gasteiger partial charge on any atom is -0.0620 e. The SMILES string of the molecule is [CH2]c1ccccc1-c1ccccc1C. The molecule has 0 aliphatic carbocycles. The van der Waals surface area contributed by atoms with Crippen molar-refractivity contribution >= 4 is 0 Å². The van der Waals surface area contributed by atoms with E-state index in [0.717, 1.165) is 5.56 Å². The van der Waals surface area contributed by atoms with Gasteiger partial charge >= 0.3 is 0 Å².